The lowest BCUT2D eigenvalue weighted by Gasteiger charge is -2.05. The number of aryl methyl sites for hydroxylation is 2. The zero-order valence-corrected chi connectivity index (χ0v) is 11.8. The summed E-state index contributed by atoms with van der Waals surface area (Å²) in [6, 6.07) is 6.49. The third-order valence-corrected chi connectivity index (χ3v) is 4.35. The Morgan fingerprint density at radius 1 is 1.11 bits per heavy atom. The van der Waals surface area contributed by atoms with Crippen LogP contribution >= 0.6 is 0 Å². The molecule has 0 saturated carbocycles. The second-order valence-electron chi connectivity index (χ2n) is 4.19. The SMILES string of the molecule is CNS(=O)(=O)c1ccc(-c2ncc(C)c(C)n2)cc1. The first-order chi connectivity index (χ1) is 8.94. The summed E-state index contributed by atoms with van der Waals surface area (Å²) in [7, 11) is -2.02. The molecule has 0 unspecified atom stereocenters. The Morgan fingerprint density at radius 2 is 1.74 bits per heavy atom. The van der Waals surface area contributed by atoms with Gasteiger partial charge in [-0.3, -0.25) is 0 Å². The Morgan fingerprint density at radius 3 is 2.26 bits per heavy atom. The molecule has 0 radical (unpaired) electrons. The van der Waals surface area contributed by atoms with Gasteiger partial charge in [-0.25, -0.2) is 23.1 Å². The van der Waals surface area contributed by atoms with Gasteiger partial charge in [0.1, 0.15) is 0 Å². The lowest BCUT2D eigenvalue weighted by atomic mass is 10.2. The van der Waals surface area contributed by atoms with Crippen LogP contribution in [0.1, 0.15) is 11.3 Å². The molecule has 0 fully saturated rings. The average Bonchev–Trinajstić information content (AvgIpc) is 2.42. The van der Waals surface area contributed by atoms with E-state index in [1.165, 1.54) is 7.05 Å². The summed E-state index contributed by atoms with van der Waals surface area (Å²) in [4.78, 5) is 8.85. The van der Waals surface area contributed by atoms with Crippen LogP contribution in [0.4, 0.5) is 0 Å². The molecule has 1 N–H and O–H groups in total. The highest BCUT2D eigenvalue weighted by atomic mass is 32.2. The van der Waals surface area contributed by atoms with Crippen molar-refractivity contribution < 1.29 is 8.42 Å². The summed E-state index contributed by atoms with van der Waals surface area (Å²) in [6.07, 6.45) is 1.76. The van der Waals surface area contributed by atoms with E-state index in [1.807, 2.05) is 13.8 Å². The zero-order valence-electron chi connectivity index (χ0n) is 11.0. The van der Waals surface area contributed by atoms with Crippen molar-refractivity contribution in [2.75, 3.05) is 7.05 Å². The van der Waals surface area contributed by atoms with E-state index in [-0.39, 0.29) is 4.90 Å². The molecule has 5 nitrogen and oxygen atoms in total. The molecule has 6 heteroatoms. The van der Waals surface area contributed by atoms with Crippen LogP contribution < -0.4 is 4.72 Å². The van der Waals surface area contributed by atoms with Crippen LogP contribution in [-0.2, 0) is 10.0 Å². The monoisotopic (exact) mass is 277 g/mol. The molecular formula is C13H15N3O2S. The van der Waals surface area contributed by atoms with Crippen molar-refractivity contribution in [3.05, 3.63) is 41.7 Å². The fraction of sp³-hybridized carbons (Fsp3) is 0.231. The normalized spacial score (nSPS) is 11.5. The predicted molar refractivity (Wildman–Crippen MR) is 73.2 cm³/mol. The minimum atomic E-state index is -3.40. The van der Waals surface area contributed by atoms with Gasteiger partial charge in [0.2, 0.25) is 10.0 Å². The van der Waals surface area contributed by atoms with Gasteiger partial charge in [0.15, 0.2) is 5.82 Å². The third-order valence-electron chi connectivity index (χ3n) is 2.92. The molecule has 1 aromatic carbocycles. The molecule has 1 heterocycles. The fourth-order valence-electron chi connectivity index (χ4n) is 1.57. The van der Waals surface area contributed by atoms with Crippen molar-refractivity contribution in [3.8, 4) is 11.4 Å². The van der Waals surface area contributed by atoms with Crippen molar-refractivity contribution in [1.29, 1.82) is 0 Å². The second kappa shape index (κ2) is 5.07. The molecule has 0 saturated heterocycles. The maximum absolute atomic E-state index is 11.6. The highest BCUT2D eigenvalue weighted by molar-refractivity contribution is 7.89. The fourth-order valence-corrected chi connectivity index (χ4v) is 2.30. The van der Waals surface area contributed by atoms with Gasteiger partial charge >= 0.3 is 0 Å². The smallest absolute Gasteiger partial charge is 0.236 e. The van der Waals surface area contributed by atoms with Gasteiger partial charge in [-0.15, -0.1) is 0 Å². The molecule has 0 atom stereocenters. The maximum Gasteiger partial charge on any atom is 0.240 e. The standard InChI is InChI=1S/C13H15N3O2S/c1-9-8-15-13(16-10(9)2)11-4-6-12(7-5-11)19(17,18)14-3/h4-8,14H,1-3H3. The summed E-state index contributed by atoms with van der Waals surface area (Å²) < 4.78 is 25.5. The molecule has 2 aromatic rings. The highest BCUT2D eigenvalue weighted by Crippen LogP contribution is 2.18. The minimum Gasteiger partial charge on any atom is -0.236 e. The number of sulfonamides is 1. The van der Waals surface area contributed by atoms with Gasteiger partial charge in [0.25, 0.3) is 0 Å². The number of hydrogen-bond donors (Lipinski definition) is 1. The van der Waals surface area contributed by atoms with Gasteiger partial charge in [-0.05, 0) is 50.7 Å². The Balaban J connectivity index is 2.40. The Labute approximate surface area is 112 Å². The van der Waals surface area contributed by atoms with Crippen LogP contribution in [-0.4, -0.2) is 25.4 Å². The zero-order chi connectivity index (χ0) is 14.0. The molecule has 19 heavy (non-hydrogen) atoms. The van der Waals surface area contributed by atoms with Crippen LogP contribution in [0.15, 0.2) is 35.4 Å². The molecule has 100 valence electrons. The summed E-state index contributed by atoms with van der Waals surface area (Å²) >= 11 is 0. The van der Waals surface area contributed by atoms with Gasteiger partial charge in [0, 0.05) is 17.5 Å². The number of benzene rings is 1. The molecule has 0 bridgehead atoms. The summed E-state index contributed by atoms with van der Waals surface area (Å²) in [5.74, 6) is 0.594. The van der Waals surface area contributed by atoms with E-state index in [1.54, 1.807) is 30.5 Å². The molecular weight excluding hydrogens is 262 g/mol. The lowest BCUT2D eigenvalue weighted by molar-refractivity contribution is 0.588. The first kappa shape index (κ1) is 13.6. The van der Waals surface area contributed by atoms with E-state index < -0.39 is 10.0 Å². The van der Waals surface area contributed by atoms with Gasteiger partial charge in [0.05, 0.1) is 4.90 Å². The van der Waals surface area contributed by atoms with Gasteiger partial charge in [-0.1, -0.05) is 0 Å². The minimum absolute atomic E-state index is 0.225. The average molecular weight is 277 g/mol. The van der Waals surface area contributed by atoms with E-state index in [4.69, 9.17) is 0 Å². The number of nitrogens with zero attached hydrogens (tertiary/aromatic N) is 2. The number of rotatable bonds is 3. The van der Waals surface area contributed by atoms with E-state index in [2.05, 4.69) is 14.7 Å². The topological polar surface area (TPSA) is 72.0 Å². The number of hydrogen-bond acceptors (Lipinski definition) is 4. The lowest BCUT2D eigenvalue weighted by Crippen LogP contribution is -2.18. The van der Waals surface area contributed by atoms with Crippen molar-refractivity contribution >= 4 is 10.0 Å². The van der Waals surface area contributed by atoms with Crippen LogP contribution in [0.3, 0.4) is 0 Å². The summed E-state index contributed by atoms with van der Waals surface area (Å²) in [6.45, 7) is 3.86. The van der Waals surface area contributed by atoms with E-state index >= 15 is 0 Å². The van der Waals surface area contributed by atoms with Gasteiger partial charge < -0.3 is 0 Å². The van der Waals surface area contributed by atoms with Crippen molar-refractivity contribution in [1.82, 2.24) is 14.7 Å². The van der Waals surface area contributed by atoms with E-state index in [9.17, 15) is 8.42 Å². The Bertz CT molecular complexity index is 694. The summed E-state index contributed by atoms with van der Waals surface area (Å²) in [5, 5.41) is 0. The van der Waals surface area contributed by atoms with Crippen LogP contribution in [0, 0.1) is 13.8 Å². The van der Waals surface area contributed by atoms with Crippen molar-refractivity contribution in [2.24, 2.45) is 0 Å². The third kappa shape index (κ3) is 2.80. The number of nitrogens with one attached hydrogen (secondary N) is 1. The largest absolute Gasteiger partial charge is 0.240 e. The second-order valence-corrected chi connectivity index (χ2v) is 6.08. The van der Waals surface area contributed by atoms with Crippen LogP contribution in [0.2, 0.25) is 0 Å². The van der Waals surface area contributed by atoms with E-state index in [0.717, 1.165) is 16.8 Å². The van der Waals surface area contributed by atoms with Gasteiger partial charge in [-0.2, -0.15) is 0 Å². The molecule has 0 aliphatic heterocycles. The quantitative estimate of drug-likeness (QED) is 0.926. The highest BCUT2D eigenvalue weighted by Gasteiger charge is 2.11. The molecule has 0 aliphatic carbocycles. The summed E-state index contributed by atoms with van der Waals surface area (Å²) in [5.41, 5.74) is 2.73. The maximum atomic E-state index is 11.6. The van der Waals surface area contributed by atoms with Crippen LogP contribution in [0.25, 0.3) is 11.4 Å². The molecule has 2 rings (SSSR count). The Hall–Kier alpha value is -1.79. The molecule has 0 aliphatic rings. The van der Waals surface area contributed by atoms with Crippen molar-refractivity contribution in [3.63, 3.8) is 0 Å². The first-order valence-electron chi connectivity index (χ1n) is 5.78. The first-order valence-corrected chi connectivity index (χ1v) is 7.26. The van der Waals surface area contributed by atoms with Crippen LogP contribution in [0.5, 0.6) is 0 Å². The molecule has 0 amide bonds. The predicted octanol–water partition coefficient (Wildman–Crippen LogP) is 1.67. The Kier molecular flexibility index (Phi) is 3.64. The van der Waals surface area contributed by atoms with Crippen molar-refractivity contribution in [2.45, 2.75) is 18.7 Å². The molecule has 0 spiro atoms. The van der Waals surface area contributed by atoms with E-state index in [0.29, 0.717) is 5.82 Å². The number of aromatic nitrogens is 2. The molecule has 1 aromatic heterocycles.